The van der Waals surface area contributed by atoms with Crippen molar-refractivity contribution in [3.05, 3.63) is 0 Å². The van der Waals surface area contributed by atoms with Gasteiger partial charge in [0.05, 0.1) is 6.61 Å². The molecule has 0 saturated carbocycles. The highest BCUT2D eigenvalue weighted by molar-refractivity contribution is 6.37. The van der Waals surface area contributed by atoms with Crippen LogP contribution in [-0.4, -0.2) is 65.3 Å². The number of amides is 1. The number of carbonyl (C=O) groups is 1. The quantitative estimate of drug-likeness (QED) is 0.169. The van der Waals surface area contributed by atoms with E-state index in [1.807, 2.05) is 0 Å². The van der Waals surface area contributed by atoms with Crippen molar-refractivity contribution >= 4 is 11.7 Å². The van der Waals surface area contributed by atoms with Crippen LogP contribution in [0.4, 0.5) is 0 Å². The highest BCUT2D eigenvalue weighted by Gasteiger charge is 2.42. The van der Waals surface area contributed by atoms with Crippen molar-refractivity contribution in [1.29, 1.82) is 0 Å². The van der Waals surface area contributed by atoms with Gasteiger partial charge in [0.1, 0.15) is 18.3 Å². The number of hydrogen-bond acceptors (Lipinski definition) is 7. The van der Waals surface area contributed by atoms with Crippen molar-refractivity contribution in [3.8, 4) is 0 Å². The number of hydrogen-bond donors (Lipinski definition) is 6. The molecular formula is C8H16N4O5. The SMILES string of the molecule is CN=C(NN[C@@H]1O[C@H](CO)C(O)C1O)C(N)=O. The summed E-state index contributed by atoms with van der Waals surface area (Å²) in [5.41, 5.74) is 9.77. The highest BCUT2D eigenvalue weighted by Crippen LogP contribution is 2.18. The molecule has 1 aliphatic heterocycles. The minimum atomic E-state index is -1.24. The molecule has 9 heteroatoms. The summed E-state index contributed by atoms with van der Waals surface area (Å²) in [6, 6.07) is 0. The summed E-state index contributed by atoms with van der Waals surface area (Å²) >= 11 is 0. The van der Waals surface area contributed by atoms with E-state index in [1.165, 1.54) is 7.05 Å². The molecule has 0 aromatic heterocycles. The highest BCUT2D eigenvalue weighted by atomic mass is 16.6. The lowest BCUT2D eigenvalue weighted by atomic mass is 10.1. The largest absolute Gasteiger partial charge is 0.394 e. The molecule has 9 nitrogen and oxygen atoms in total. The molecule has 7 N–H and O–H groups in total. The van der Waals surface area contributed by atoms with Gasteiger partial charge in [0.25, 0.3) is 5.91 Å². The maximum absolute atomic E-state index is 10.8. The van der Waals surface area contributed by atoms with E-state index in [-0.39, 0.29) is 5.84 Å². The molecule has 98 valence electrons. The van der Waals surface area contributed by atoms with Crippen LogP contribution in [0.25, 0.3) is 0 Å². The number of aliphatic hydroxyl groups is 3. The second-order valence-electron chi connectivity index (χ2n) is 3.46. The fraction of sp³-hybridized carbons (Fsp3) is 0.750. The Labute approximate surface area is 97.3 Å². The van der Waals surface area contributed by atoms with Gasteiger partial charge in [-0.25, -0.2) is 5.43 Å². The Morgan fingerprint density at radius 2 is 2.12 bits per heavy atom. The molecule has 0 aromatic carbocycles. The molecule has 1 heterocycles. The Morgan fingerprint density at radius 1 is 1.47 bits per heavy atom. The Morgan fingerprint density at radius 3 is 2.53 bits per heavy atom. The van der Waals surface area contributed by atoms with Gasteiger partial charge in [-0.1, -0.05) is 0 Å². The van der Waals surface area contributed by atoms with E-state index in [9.17, 15) is 15.0 Å². The number of nitrogens with two attached hydrogens (primary N) is 1. The van der Waals surface area contributed by atoms with Crippen LogP contribution in [-0.2, 0) is 9.53 Å². The number of carbonyl (C=O) groups excluding carboxylic acids is 1. The minimum Gasteiger partial charge on any atom is -0.394 e. The Balaban J connectivity index is 2.51. The number of amidine groups is 1. The summed E-state index contributed by atoms with van der Waals surface area (Å²) in [6.07, 6.45) is -4.33. The van der Waals surface area contributed by atoms with Gasteiger partial charge in [0.2, 0.25) is 5.84 Å². The summed E-state index contributed by atoms with van der Waals surface area (Å²) in [6.45, 7) is -0.430. The van der Waals surface area contributed by atoms with Gasteiger partial charge in [-0.2, -0.15) is 0 Å². The molecule has 4 atom stereocenters. The Bertz CT molecular complexity index is 310. The van der Waals surface area contributed by atoms with E-state index < -0.39 is 37.1 Å². The maximum atomic E-state index is 10.8. The van der Waals surface area contributed by atoms with E-state index in [0.717, 1.165) is 0 Å². The predicted octanol–water partition coefficient (Wildman–Crippen LogP) is -3.97. The molecule has 1 saturated heterocycles. The van der Waals surface area contributed by atoms with Gasteiger partial charge in [-0.3, -0.25) is 15.2 Å². The molecule has 1 amide bonds. The lowest BCUT2D eigenvalue weighted by Crippen LogP contribution is -2.52. The lowest BCUT2D eigenvalue weighted by Gasteiger charge is -2.17. The summed E-state index contributed by atoms with van der Waals surface area (Å²) in [5, 5.41) is 27.8. The van der Waals surface area contributed by atoms with Crippen molar-refractivity contribution < 1.29 is 24.9 Å². The van der Waals surface area contributed by atoms with Gasteiger partial charge in [0.15, 0.2) is 6.23 Å². The van der Waals surface area contributed by atoms with Crippen LogP contribution < -0.4 is 16.6 Å². The topological polar surface area (TPSA) is 149 Å². The number of ether oxygens (including phenoxy) is 1. The van der Waals surface area contributed by atoms with Crippen LogP contribution in [0.15, 0.2) is 4.99 Å². The number of hydrazine groups is 1. The summed E-state index contributed by atoms with van der Waals surface area (Å²) in [4.78, 5) is 14.3. The van der Waals surface area contributed by atoms with Gasteiger partial charge < -0.3 is 25.8 Å². The zero-order valence-corrected chi connectivity index (χ0v) is 9.20. The zero-order chi connectivity index (χ0) is 13.0. The predicted molar refractivity (Wildman–Crippen MR) is 56.6 cm³/mol. The first-order chi connectivity index (χ1) is 8.01. The van der Waals surface area contributed by atoms with Crippen molar-refractivity contribution in [2.45, 2.75) is 24.5 Å². The van der Waals surface area contributed by atoms with Crippen LogP contribution in [0.2, 0.25) is 0 Å². The minimum absolute atomic E-state index is 0.150. The number of aliphatic imine (C=N–C) groups is 1. The van der Waals surface area contributed by atoms with Crippen molar-refractivity contribution in [3.63, 3.8) is 0 Å². The number of aliphatic hydroxyl groups excluding tert-OH is 3. The molecule has 2 unspecified atom stereocenters. The fourth-order valence-corrected chi connectivity index (χ4v) is 1.39. The van der Waals surface area contributed by atoms with Crippen molar-refractivity contribution in [2.75, 3.05) is 13.7 Å². The molecular weight excluding hydrogens is 232 g/mol. The van der Waals surface area contributed by atoms with E-state index in [2.05, 4.69) is 15.8 Å². The van der Waals surface area contributed by atoms with Gasteiger partial charge >= 0.3 is 0 Å². The maximum Gasteiger partial charge on any atom is 0.285 e. The van der Waals surface area contributed by atoms with Gasteiger partial charge in [-0.15, -0.1) is 0 Å². The van der Waals surface area contributed by atoms with E-state index >= 15 is 0 Å². The Kier molecular flexibility index (Phi) is 4.78. The average molecular weight is 248 g/mol. The molecule has 0 aromatic rings. The monoisotopic (exact) mass is 248 g/mol. The first kappa shape index (κ1) is 13.8. The van der Waals surface area contributed by atoms with Crippen LogP contribution in [0.1, 0.15) is 0 Å². The van der Waals surface area contributed by atoms with E-state index in [1.54, 1.807) is 0 Å². The molecule has 0 radical (unpaired) electrons. The Hall–Kier alpha value is -1.26. The molecule has 1 fully saturated rings. The number of rotatable bonds is 3. The van der Waals surface area contributed by atoms with Gasteiger partial charge in [-0.05, 0) is 0 Å². The third-order valence-electron chi connectivity index (χ3n) is 2.33. The van der Waals surface area contributed by atoms with Crippen LogP contribution in [0.5, 0.6) is 0 Å². The normalized spacial score (nSPS) is 33.8. The lowest BCUT2D eigenvalue weighted by molar-refractivity contribution is -0.112. The number of nitrogens with zero attached hydrogens (tertiary/aromatic N) is 1. The molecule has 0 bridgehead atoms. The first-order valence-electron chi connectivity index (χ1n) is 4.91. The second-order valence-corrected chi connectivity index (χ2v) is 3.46. The standard InChI is InChI=1S/C8H16N4O5/c1-10-7(6(9)16)11-12-8-5(15)4(14)3(2-13)17-8/h3-5,8,12-15H,2H2,1H3,(H2,9,16)(H,10,11)/t3-,4?,5?,8-/m1/s1. The molecule has 0 aliphatic carbocycles. The van der Waals surface area contributed by atoms with Crippen LogP contribution in [0.3, 0.4) is 0 Å². The zero-order valence-electron chi connectivity index (χ0n) is 9.20. The van der Waals surface area contributed by atoms with E-state index in [4.69, 9.17) is 15.6 Å². The number of primary amides is 1. The number of nitrogens with one attached hydrogen (secondary N) is 2. The van der Waals surface area contributed by atoms with Crippen LogP contribution in [0, 0.1) is 0 Å². The summed E-state index contributed by atoms with van der Waals surface area (Å²) in [7, 11) is 1.35. The van der Waals surface area contributed by atoms with Gasteiger partial charge in [0, 0.05) is 7.05 Å². The third kappa shape index (κ3) is 3.11. The third-order valence-corrected chi connectivity index (χ3v) is 2.33. The van der Waals surface area contributed by atoms with Crippen molar-refractivity contribution in [2.24, 2.45) is 10.7 Å². The summed E-state index contributed by atoms with van der Waals surface area (Å²) in [5.74, 6) is -0.936. The van der Waals surface area contributed by atoms with Crippen LogP contribution >= 0.6 is 0 Å². The van der Waals surface area contributed by atoms with Crippen molar-refractivity contribution in [1.82, 2.24) is 10.9 Å². The smallest absolute Gasteiger partial charge is 0.285 e. The second kappa shape index (κ2) is 5.89. The molecule has 1 rings (SSSR count). The molecule has 0 spiro atoms. The molecule has 1 aliphatic rings. The summed E-state index contributed by atoms with van der Waals surface area (Å²) < 4.78 is 5.08. The van der Waals surface area contributed by atoms with E-state index in [0.29, 0.717) is 0 Å². The fourth-order valence-electron chi connectivity index (χ4n) is 1.39. The molecule has 17 heavy (non-hydrogen) atoms. The first-order valence-corrected chi connectivity index (χ1v) is 4.91. The average Bonchev–Trinajstić information content (AvgIpc) is 2.57.